The van der Waals surface area contributed by atoms with Gasteiger partial charge in [0, 0.05) is 18.6 Å². The number of ether oxygens (including phenoxy) is 3. The Balaban J connectivity index is 1.56. The van der Waals surface area contributed by atoms with Gasteiger partial charge in [-0.15, -0.1) is 0 Å². The number of aryl methyl sites for hydroxylation is 1. The molecular weight excluding hydrogens is 402 g/mol. The first-order valence-electron chi connectivity index (χ1n) is 11.6. The first-order chi connectivity index (χ1) is 15.6. The molecule has 1 atom stereocenters. The van der Waals surface area contributed by atoms with Crippen molar-refractivity contribution in [2.75, 3.05) is 19.8 Å². The zero-order valence-electron chi connectivity index (χ0n) is 19.7. The van der Waals surface area contributed by atoms with Crippen LogP contribution in [0.2, 0.25) is 0 Å². The highest BCUT2D eigenvalue weighted by Gasteiger charge is 2.17. The molecule has 0 bridgehead atoms. The van der Waals surface area contributed by atoms with Gasteiger partial charge in [-0.05, 0) is 56.5 Å². The molecule has 0 aliphatic carbocycles. The van der Waals surface area contributed by atoms with E-state index in [0.29, 0.717) is 32.1 Å². The third-order valence-corrected chi connectivity index (χ3v) is 5.51. The summed E-state index contributed by atoms with van der Waals surface area (Å²) in [7, 11) is 0. The molecule has 0 fully saturated rings. The van der Waals surface area contributed by atoms with Crippen LogP contribution in [0, 0.1) is 6.92 Å². The fraction of sp³-hybridized carbons (Fsp3) is 0.444. The Morgan fingerprint density at radius 3 is 2.31 bits per heavy atom. The van der Waals surface area contributed by atoms with Crippen LogP contribution >= 0.6 is 0 Å². The first kappa shape index (κ1) is 24.0. The molecule has 32 heavy (non-hydrogen) atoms. The lowest BCUT2D eigenvalue weighted by Gasteiger charge is -2.24. The number of rotatable bonds is 13. The number of hydrogen-bond donors (Lipinski definition) is 0. The van der Waals surface area contributed by atoms with E-state index >= 15 is 0 Å². The topological polar surface area (TPSA) is 53.7 Å². The van der Waals surface area contributed by atoms with E-state index in [1.807, 2.05) is 56.3 Å². The molecule has 3 aromatic rings. The lowest BCUT2D eigenvalue weighted by atomic mass is 10.1. The van der Waals surface area contributed by atoms with E-state index < -0.39 is 0 Å². The van der Waals surface area contributed by atoms with Crippen molar-refractivity contribution >= 4 is 0 Å². The van der Waals surface area contributed by atoms with Crippen molar-refractivity contribution in [3.63, 3.8) is 0 Å². The van der Waals surface area contributed by atoms with E-state index in [1.165, 1.54) is 0 Å². The van der Waals surface area contributed by atoms with Crippen LogP contribution in [-0.4, -0.2) is 30.9 Å². The monoisotopic (exact) mass is 437 g/mol. The molecule has 0 radical (unpaired) electrons. The van der Waals surface area contributed by atoms with E-state index in [0.717, 1.165) is 41.2 Å². The molecule has 0 spiro atoms. The van der Waals surface area contributed by atoms with Crippen molar-refractivity contribution in [3.8, 4) is 17.2 Å². The zero-order chi connectivity index (χ0) is 22.8. The highest BCUT2D eigenvalue weighted by atomic mass is 16.5. The summed E-state index contributed by atoms with van der Waals surface area (Å²) >= 11 is 0. The molecule has 0 saturated heterocycles. The van der Waals surface area contributed by atoms with Crippen LogP contribution in [0.15, 0.2) is 59.0 Å². The largest absolute Gasteiger partial charge is 0.493 e. The van der Waals surface area contributed by atoms with Gasteiger partial charge in [-0.2, -0.15) is 0 Å². The van der Waals surface area contributed by atoms with Gasteiger partial charge in [0.05, 0.1) is 25.0 Å². The summed E-state index contributed by atoms with van der Waals surface area (Å²) in [6.07, 6.45) is 2.85. The summed E-state index contributed by atoms with van der Waals surface area (Å²) < 4.78 is 23.7. The van der Waals surface area contributed by atoms with Crippen LogP contribution in [0.3, 0.4) is 0 Å². The van der Waals surface area contributed by atoms with E-state index in [4.69, 9.17) is 18.6 Å². The van der Waals surface area contributed by atoms with Gasteiger partial charge in [0.15, 0.2) is 0 Å². The van der Waals surface area contributed by atoms with Crippen LogP contribution in [0.5, 0.6) is 5.75 Å². The molecule has 1 unspecified atom stereocenters. The number of nitrogens with zero attached hydrogens (tertiary/aromatic N) is 1. The summed E-state index contributed by atoms with van der Waals surface area (Å²) in [5.41, 5.74) is 3.02. The first-order valence-corrected chi connectivity index (χ1v) is 11.6. The third kappa shape index (κ3) is 6.68. The second-order valence-corrected chi connectivity index (χ2v) is 7.78. The number of aromatic nitrogens is 1. The molecule has 1 heterocycles. The normalized spacial score (nSPS) is 12.3. The third-order valence-electron chi connectivity index (χ3n) is 5.51. The van der Waals surface area contributed by atoms with Gasteiger partial charge in [-0.3, -0.25) is 0 Å². The Morgan fingerprint density at radius 2 is 1.66 bits per heavy atom. The number of hydrogen-bond acceptors (Lipinski definition) is 5. The van der Waals surface area contributed by atoms with Gasteiger partial charge in [-0.1, -0.05) is 44.2 Å². The van der Waals surface area contributed by atoms with Crippen LogP contribution in [-0.2, 0) is 15.9 Å². The summed E-state index contributed by atoms with van der Waals surface area (Å²) in [5, 5.41) is 0. The van der Waals surface area contributed by atoms with Crippen LogP contribution in [0.1, 0.15) is 56.7 Å². The number of oxazole rings is 1. The minimum atomic E-state index is -0.0666. The molecule has 3 rings (SSSR count). The molecule has 2 aromatic carbocycles. The van der Waals surface area contributed by atoms with Crippen LogP contribution < -0.4 is 4.74 Å². The highest BCUT2D eigenvalue weighted by molar-refractivity contribution is 5.53. The van der Waals surface area contributed by atoms with Gasteiger partial charge in [-0.25, -0.2) is 4.98 Å². The van der Waals surface area contributed by atoms with Gasteiger partial charge in [0.1, 0.15) is 17.6 Å². The molecule has 0 saturated carbocycles. The molecule has 172 valence electrons. The standard InChI is InChI=1S/C27H35NO4/c1-5-23(6-2)32-26(19-29-7-3)21-13-15-24(16-14-21)30-18-17-25-20(4)31-27(28-25)22-11-9-8-10-12-22/h8-16,23,26H,5-7,17-19H2,1-4H3. The molecule has 5 heteroatoms. The molecule has 1 aromatic heterocycles. The number of benzene rings is 2. The quantitative estimate of drug-likeness (QED) is 0.303. The van der Waals surface area contributed by atoms with Crippen LogP contribution in [0.25, 0.3) is 11.5 Å². The van der Waals surface area contributed by atoms with E-state index in [-0.39, 0.29) is 12.2 Å². The van der Waals surface area contributed by atoms with Crippen molar-refractivity contribution in [2.24, 2.45) is 0 Å². The van der Waals surface area contributed by atoms with Gasteiger partial charge in [0.2, 0.25) is 5.89 Å². The van der Waals surface area contributed by atoms with E-state index in [9.17, 15) is 0 Å². The van der Waals surface area contributed by atoms with Crippen molar-refractivity contribution in [2.45, 2.75) is 59.2 Å². The second-order valence-electron chi connectivity index (χ2n) is 7.78. The predicted octanol–water partition coefficient (Wildman–Crippen LogP) is 6.55. The fourth-order valence-electron chi connectivity index (χ4n) is 3.56. The minimum Gasteiger partial charge on any atom is -0.493 e. The highest BCUT2D eigenvalue weighted by Crippen LogP contribution is 2.25. The summed E-state index contributed by atoms with van der Waals surface area (Å²) in [6, 6.07) is 18.1. The predicted molar refractivity (Wildman–Crippen MR) is 127 cm³/mol. The molecule has 5 nitrogen and oxygen atoms in total. The van der Waals surface area contributed by atoms with E-state index in [1.54, 1.807) is 0 Å². The molecule has 0 aliphatic heterocycles. The van der Waals surface area contributed by atoms with Gasteiger partial charge < -0.3 is 18.6 Å². The maximum absolute atomic E-state index is 6.28. The Bertz CT molecular complexity index is 917. The second kappa shape index (κ2) is 12.4. The average molecular weight is 438 g/mol. The SMILES string of the molecule is CCOCC(OC(CC)CC)c1ccc(OCCc2nc(-c3ccccc3)oc2C)cc1. The smallest absolute Gasteiger partial charge is 0.226 e. The van der Waals surface area contributed by atoms with Crippen LogP contribution in [0.4, 0.5) is 0 Å². The minimum absolute atomic E-state index is 0.0666. The Morgan fingerprint density at radius 1 is 0.938 bits per heavy atom. The molecule has 0 amide bonds. The lowest BCUT2D eigenvalue weighted by molar-refractivity contribution is -0.0598. The summed E-state index contributed by atoms with van der Waals surface area (Å²) in [4.78, 5) is 4.64. The fourth-order valence-corrected chi connectivity index (χ4v) is 3.56. The Kier molecular flexibility index (Phi) is 9.32. The Labute approximate surface area is 191 Å². The van der Waals surface area contributed by atoms with Crippen molar-refractivity contribution in [1.82, 2.24) is 4.98 Å². The van der Waals surface area contributed by atoms with Gasteiger partial charge >= 0.3 is 0 Å². The molecule has 0 N–H and O–H groups in total. The Hall–Kier alpha value is -2.63. The van der Waals surface area contributed by atoms with Crippen molar-refractivity contribution in [3.05, 3.63) is 71.6 Å². The molecule has 0 aliphatic rings. The molecular formula is C27H35NO4. The van der Waals surface area contributed by atoms with Crippen molar-refractivity contribution < 1.29 is 18.6 Å². The zero-order valence-corrected chi connectivity index (χ0v) is 19.7. The lowest BCUT2D eigenvalue weighted by Crippen LogP contribution is -2.19. The maximum Gasteiger partial charge on any atom is 0.226 e. The average Bonchev–Trinajstić information content (AvgIpc) is 3.21. The van der Waals surface area contributed by atoms with Crippen molar-refractivity contribution in [1.29, 1.82) is 0 Å². The van der Waals surface area contributed by atoms with Gasteiger partial charge in [0.25, 0.3) is 0 Å². The van der Waals surface area contributed by atoms with E-state index in [2.05, 4.69) is 31.0 Å². The summed E-state index contributed by atoms with van der Waals surface area (Å²) in [5.74, 6) is 2.32. The maximum atomic E-state index is 6.28. The summed E-state index contributed by atoms with van der Waals surface area (Å²) in [6.45, 7) is 10.0.